The number of hydrogen-bond donors (Lipinski definition) is 3. The third-order valence-electron chi connectivity index (χ3n) is 5.37. The summed E-state index contributed by atoms with van der Waals surface area (Å²) in [5.74, 6) is 0.462. The fourth-order valence-corrected chi connectivity index (χ4v) is 3.60. The Morgan fingerprint density at radius 2 is 1.88 bits per heavy atom. The summed E-state index contributed by atoms with van der Waals surface area (Å²) in [5.41, 5.74) is 9.74. The zero-order valence-corrected chi connectivity index (χ0v) is 18.6. The van der Waals surface area contributed by atoms with E-state index in [2.05, 4.69) is 22.2 Å². The van der Waals surface area contributed by atoms with Gasteiger partial charge in [-0.15, -0.1) is 0 Å². The highest BCUT2D eigenvalue weighted by Crippen LogP contribution is 2.36. The zero-order valence-electron chi connectivity index (χ0n) is 18.6. The molecule has 0 radical (unpaired) electrons. The van der Waals surface area contributed by atoms with Crippen LogP contribution in [0.5, 0.6) is 5.75 Å². The number of nitrogens with two attached hydrogens (primary N) is 1. The molecule has 0 atom stereocenters. The summed E-state index contributed by atoms with van der Waals surface area (Å²) < 4.78 is 5.53. The standard InChI is InChI=1S/C27H23N5O2/c1-17(14-28)15-30-25-22-12-19(9-8-18(22)10-11-24(25)34-2)20-13-23(26(29)31-16-20)27(33)32-21-6-4-3-5-7-21/h3-13,16,30H,1,15H2,2H3,(H2,29,31)(H,32,33). The summed E-state index contributed by atoms with van der Waals surface area (Å²) in [7, 11) is 1.59. The molecule has 3 aromatic carbocycles. The molecule has 0 aliphatic heterocycles. The number of carbonyl (C=O) groups excluding carboxylic acids is 1. The highest BCUT2D eigenvalue weighted by atomic mass is 16.5. The molecule has 7 nitrogen and oxygen atoms in total. The molecule has 0 unspecified atom stereocenters. The number of rotatable bonds is 7. The van der Waals surface area contributed by atoms with Crippen molar-refractivity contribution in [3.63, 3.8) is 0 Å². The Balaban J connectivity index is 1.73. The second-order valence-corrected chi connectivity index (χ2v) is 7.62. The Morgan fingerprint density at radius 3 is 2.62 bits per heavy atom. The maximum atomic E-state index is 12.9. The molecule has 4 rings (SSSR count). The average molecular weight is 450 g/mol. The van der Waals surface area contributed by atoms with Crippen molar-refractivity contribution >= 4 is 33.9 Å². The lowest BCUT2D eigenvalue weighted by Crippen LogP contribution is -2.15. The Hall–Kier alpha value is -4.83. The number of hydrogen-bond acceptors (Lipinski definition) is 6. The van der Waals surface area contributed by atoms with Gasteiger partial charge in [0.05, 0.1) is 24.4 Å². The van der Waals surface area contributed by atoms with E-state index in [4.69, 9.17) is 15.7 Å². The van der Waals surface area contributed by atoms with Crippen LogP contribution in [0.25, 0.3) is 21.9 Å². The molecule has 0 spiro atoms. The number of amides is 1. The number of nitriles is 1. The monoisotopic (exact) mass is 449 g/mol. The van der Waals surface area contributed by atoms with E-state index in [9.17, 15) is 4.79 Å². The van der Waals surface area contributed by atoms with Crippen LogP contribution >= 0.6 is 0 Å². The van der Waals surface area contributed by atoms with Crippen LogP contribution in [-0.2, 0) is 0 Å². The maximum Gasteiger partial charge on any atom is 0.259 e. The van der Waals surface area contributed by atoms with Gasteiger partial charge in [0.1, 0.15) is 11.6 Å². The zero-order chi connectivity index (χ0) is 24.1. The molecule has 0 aliphatic carbocycles. The molecule has 0 aliphatic rings. The minimum absolute atomic E-state index is 0.150. The van der Waals surface area contributed by atoms with E-state index in [1.54, 1.807) is 31.5 Å². The fourth-order valence-electron chi connectivity index (χ4n) is 3.60. The normalized spacial score (nSPS) is 10.4. The van der Waals surface area contributed by atoms with Crippen LogP contribution in [0.4, 0.5) is 17.2 Å². The van der Waals surface area contributed by atoms with Gasteiger partial charge < -0.3 is 21.1 Å². The molecular formula is C27H23N5O2. The van der Waals surface area contributed by atoms with Gasteiger partial charge in [0.15, 0.2) is 0 Å². The van der Waals surface area contributed by atoms with Crippen molar-refractivity contribution in [3.05, 3.63) is 90.6 Å². The van der Waals surface area contributed by atoms with Crippen LogP contribution in [0, 0.1) is 11.3 Å². The first-order chi connectivity index (χ1) is 16.5. The molecular weight excluding hydrogens is 426 g/mol. The number of nitrogen functional groups attached to an aromatic ring is 1. The van der Waals surface area contributed by atoms with Crippen molar-refractivity contribution in [1.29, 1.82) is 5.26 Å². The number of nitrogens with one attached hydrogen (secondary N) is 2. The number of ether oxygens (including phenoxy) is 1. The number of aromatic nitrogens is 1. The van der Waals surface area contributed by atoms with Gasteiger partial charge in [0, 0.05) is 35.0 Å². The predicted molar refractivity (Wildman–Crippen MR) is 136 cm³/mol. The molecule has 168 valence electrons. The SMILES string of the molecule is C=C(C#N)CNc1c(OC)ccc2ccc(-c3cnc(N)c(C(=O)Nc4ccccc4)c3)cc12. The highest BCUT2D eigenvalue weighted by Gasteiger charge is 2.15. The smallest absolute Gasteiger partial charge is 0.259 e. The molecule has 4 aromatic rings. The summed E-state index contributed by atoms with van der Waals surface area (Å²) in [4.78, 5) is 17.1. The number of benzene rings is 3. The molecule has 0 saturated carbocycles. The van der Waals surface area contributed by atoms with Gasteiger partial charge in [-0.25, -0.2) is 4.98 Å². The first-order valence-corrected chi connectivity index (χ1v) is 10.5. The van der Waals surface area contributed by atoms with Crippen LogP contribution < -0.4 is 21.1 Å². The predicted octanol–water partition coefficient (Wildman–Crippen LogP) is 5.24. The van der Waals surface area contributed by atoms with Gasteiger partial charge in [-0.05, 0) is 41.3 Å². The van der Waals surface area contributed by atoms with Crippen LogP contribution in [0.1, 0.15) is 10.4 Å². The van der Waals surface area contributed by atoms with E-state index < -0.39 is 0 Å². The van der Waals surface area contributed by atoms with Crippen molar-refractivity contribution in [3.8, 4) is 22.9 Å². The molecule has 34 heavy (non-hydrogen) atoms. The summed E-state index contributed by atoms with van der Waals surface area (Å²) >= 11 is 0. The third kappa shape index (κ3) is 4.66. The first kappa shape index (κ1) is 22.4. The maximum absolute atomic E-state index is 12.9. The Bertz CT molecular complexity index is 1420. The molecule has 1 amide bonds. The lowest BCUT2D eigenvalue weighted by Gasteiger charge is -2.15. The van der Waals surface area contributed by atoms with Gasteiger partial charge in [-0.2, -0.15) is 5.26 Å². The largest absolute Gasteiger partial charge is 0.495 e. The number of fused-ring (bicyclic) bond motifs is 1. The van der Waals surface area contributed by atoms with E-state index in [0.29, 0.717) is 23.6 Å². The molecule has 1 aromatic heterocycles. The number of nitrogens with zero attached hydrogens (tertiary/aromatic N) is 2. The van der Waals surface area contributed by atoms with E-state index in [-0.39, 0.29) is 17.3 Å². The van der Waals surface area contributed by atoms with Gasteiger partial charge in [0.25, 0.3) is 5.91 Å². The van der Waals surface area contributed by atoms with E-state index in [0.717, 1.165) is 27.6 Å². The molecule has 7 heteroatoms. The van der Waals surface area contributed by atoms with Crippen molar-refractivity contribution in [2.45, 2.75) is 0 Å². The quantitative estimate of drug-likeness (QED) is 0.333. The van der Waals surface area contributed by atoms with Crippen molar-refractivity contribution in [2.24, 2.45) is 0 Å². The summed E-state index contributed by atoms with van der Waals surface area (Å²) in [6.45, 7) is 4.03. The van der Waals surface area contributed by atoms with Gasteiger partial charge in [-0.3, -0.25) is 4.79 Å². The summed E-state index contributed by atoms with van der Waals surface area (Å²) in [6.07, 6.45) is 1.64. The number of pyridine rings is 1. The molecule has 1 heterocycles. The molecule has 0 saturated heterocycles. The van der Waals surface area contributed by atoms with Crippen molar-refractivity contribution < 1.29 is 9.53 Å². The third-order valence-corrected chi connectivity index (χ3v) is 5.37. The van der Waals surface area contributed by atoms with Gasteiger partial charge in [-0.1, -0.05) is 43.0 Å². The summed E-state index contributed by atoms with van der Waals surface area (Å²) in [6, 6.07) is 22.7. The summed E-state index contributed by atoms with van der Waals surface area (Å²) in [5, 5.41) is 17.0. The van der Waals surface area contributed by atoms with Crippen LogP contribution in [0.15, 0.2) is 85.1 Å². The van der Waals surface area contributed by atoms with Gasteiger partial charge >= 0.3 is 0 Å². The molecule has 4 N–H and O–H groups in total. The minimum Gasteiger partial charge on any atom is -0.495 e. The first-order valence-electron chi connectivity index (χ1n) is 10.5. The minimum atomic E-state index is -0.335. The van der Waals surface area contributed by atoms with E-state index >= 15 is 0 Å². The van der Waals surface area contributed by atoms with Crippen molar-refractivity contribution in [1.82, 2.24) is 4.98 Å². The Labute approximate surface area is 197 Å². The fraction of sp³-hybridized carbons (Fsp3) is 0.0741. The Kier molecular flexibility index (Phi) is 6.42. The number of carbonyl (C=O) groups is 1. The van der Waals surface area contributed by atoms with Crippen LogP contribution in [-0.4, -0.2) is 24.5 Å². The second kappa shape index (κ2) is 9.76. The van der Waals surface area contributed by atoms with Crippen LogP contribution in [0.3, 0.4) is 0 Å². The van der Waals surface area contributed by atoms with Crippen LogP contribution in [0.2, 0.25) is 0 Å². The second-order valence-electron chi connectivity index (χ2n) is 7.62. The lowest BCUT2D eigenvalue weighted by atomic mass is 9.99. The highest BCUT2D eigenvalue weighted by molar-refractivity contribution is 6.08. The van der Waals surface area contributed by atoms with E-state index in [1.807, 2.05) is 54.6 Å². The topological polar surface area (TPSA) is 113 Å². The number of anilines is 3. The number of methoxy groups -OCH3 is 1. The van der Waals surface area contributed by atoms with Crippen molar-refractivity contribution in [2.75, 3.05) is 30.0 Å². The molecule has 0 bridgehead atoms. The molecule has 0 fully saturated rings. The lowest BCUT2D eigenvalue weighted by molar-refractivity contribution is 0.102. The average Bonchev–Trinajstić information content (AvgIpc) is 2.87. The Morgan fingerprint density at radius 1 is 1.12 bits per heavy atom. The van der Waals surface area contributed by atoms with E-state index in [1.165, 1.54) is 0 Å². The number of para-hydroxylation sites is 1. The van der Waals surface area contributed by atoms with Gasteiger partial charge in [0.2, 0.25) is 0 Å².